The number of nitrogens with one attached hydrogen (secondary N) is 1. The van der Waals surface area contributed by atoms with E-state index in [1.54, 1.807) is 0 Å². The van der Waals surface area contributed by atoms with Gasteiger partial charge in [-0.1, -0.05) is 7.43 Å². The fraction of sp³-hybridized carbons (Fsp3) is 1.00. The van der Waals surface area contributed by atoms with Gasteiger partial charge in [0.2, 0.25) is 10.0 Å². The van der Waals surface area contributed by atoms with Crippen molar-refractivity contribution in [1.29, 1.82) is 0 Å². The van der Waals surface area contributed by atoms with E-state index in [4.69, 9.17) is 0 Å². The molecule has 0 aromatic rings. The third-order valence-electron chi connectivity index (χ3n) is 0.693. The van der Waals surface area contributed by atoms with Crippen LogP contribution in [0.3, 0.4) is 0 Å². The molecule has 44 valence electrons. The Bertz CT molecular complexity index is 127. The molecule has 0 aromatic carbocycles. The summed E-state index contributed by atoms with van der Waals surface area (Å²) in [6.45, 7) is 0.627. The maximum Gasteiger partial charge on any atom is 0.212 e. The first-order chi connectivity index (χ1) is 2.71. The quantitative estimate of drug-likeness (QED) is 0.474. The SMILES string of the molecule is C.O=S1(=O)CCN1. The van der Waals surface area contributed by atoms with E-state index in [1.165, 1.54) is 0 Å². The zero-order valence-corrected chi connectivity index (χ0v) is 3.96. The van der Waals surface area contributed by atoms with Gasteiger partial charge in [0.25, 0.3) is 0 Å². The van der Waals surface area contributed by atoms with Crippen LogP contribution in [0.5, 0.6) is 0 Å². The second kappa shape index (κ2) is 1.79. The largest absolute Gasteiger partial charge is 0.214 e. The Kier molecular flexibility index (Phi) is 1.77. The molecule has 7 heavy (non-hydrogen) atoms. The van der Waals surface area contributed by atoms with Gasteiger partial charge in [0.05, 0.1) is 5.75 Å². The van der Waals surface area contributed by atoms with Gasteiger partial charge in [0, 0.05) is 6.54 Å². The molecule has 0 spiro atoms. The molecule has 0 unspecified atom stereocenters. The number of sulfonamides is 1. The molecule has 1 fully saturated rings. The summed E-state index contributed by atoms with van der Waals surface area (Å²) in [5.41, 5.74) is 0. The van der Waals surface area contributed by atoms with Crippen LogP contribution < -0.4 is 4.72 Å². The standard InChI is InChI=1S/C2H5NO2S.CH4/c4-6(5)2-1-3-6;/h3H,1-2H2;1H4. The van der Waals surface area contributed by atoms with Gasteiger partial charge in [-0.05, 0) is 0 Å². The van der Waals surface area contributed by atoms with Crippen LogP contribution in [0.2, 0.25) is 0 Å². The maximum absolute atomic E-state index is 9.98. The lowest BCUT2D eigenvalue weighted by Gasteiger charge is -2.12. The highest BCUT2D eigenvalue weighted by molar-refractivity contribution is 7.90. The molecule has 0 radical (unpaired) electrons. The van der Waals surface area contributed by atoms with Crippen LogP contribution in [0, 0.1) is 0 Å². The summed E-state index contributed by atoms with van der Waals surface area (Å²) in [5, 5.41) is 0. The van der Waals surface area contributed by atoms with Crippen LogP contribution >= 0.6 is 0 Å². The molecule has 1 aliphatic heterocycles. The fourth-order valence-electron chi connectivity index (χ4n) is 0.269. The maximum atomic E-state index is 9.98. The van der Waals surface area contributed by atoms with Crippen molar-refractivity contribution in [3.05, 3.63) is 0 Å². The van der Waals surface area contributed by atoms with E-state index < -0.39 is 10.0 Å². The van der Waals surface area contributed by atoms with Crippen LogP contribution in [-0.4, -0.2) is 20.7 Å². The minimum absolute atomic E-state index is 0. The fourth-order valence-corrected chi connectivity index (χ4v) is 0.806. The van der Waals surface area contributed by atoms with Gasteiger partial charge in [0.15, 0.2) is 0 Å². The minimum atomic E-state index is -2.73. The highest BCUT2D eigenvalue weighted by Crippen LogP contribution is 1.90. The number of hydrogen-bond donors (Lipinski definition) is 1. The van der Waals surface area contributed by atoms with E-state index in [2.05, 4.69) is 4.72 Å². The van der Waals surface area contributed by atoms with Gasteiger partial charge in [-0.15, -0.1) is 0 Å². The van der Waals surface area contributed by atoms with Gasteiger partial charge in [-0.2, -0.15) is 0 Å². The number of hydrogen-bond acceptors (Lipinski definition) is 2. The van der Waals surface area contributed by atoms with E-state index in [0.29, 0.717) is 12.3 Å². The van der Waals surface area contributed by atoms with Crippen LogP contribution in [0.4, 0.5) is 0 Å². The molecule has 1 aliphatic rings. The van der Waals surface area contributed by atoms with Crippen molar-refractivity contribution in [2.24, 2.45) is 0 Å². The lowest BCUT2D eigenvalue weighted by atomic mass is 10.8. The molecule has 0 saturated carbocycles. The molecule has 0 bridgehead atoms. The predicted molar refractivity (Wildman–Crippen MR) is 28.5 cm³/mol. The second-order valence-corrected chi connectivity index (χ2v) is 3.14. The smallest absolute Gasteiger partial charge is 0.212 e. The van der Waals surface area contributed by atoms with Gasteiger partial charge >= 0.3 is 0 Å². The van der Waals surface area contributed by atoms with E-state index in [9.17, 15) is 8.42 Å². The highest BCUT2D eigenvalue weighted by atomic mass is 32.2. The van der Waals surface area contributed by atoms with Crippen molar-refractivity contribution in [1.82, 2.24) is 4.72 Å². The molecule has 0 aromatic heterocycles. The van der Waals surface area contributed by atoms with Gasteiger partial charge in [-0.25, -0.2) is 13.1 Å². The normalized spacial score (nSPS) is 24.6. The van der Waals surface area contributed by atoms with Crippen LogP contribution in [0.1, 0.15) is 7.43 Å². The van der Waals surface area contributed by atoms with E-state index in [0.717, 1.165) is 0 Å². The monoisotopic (exact) mass is 123 g/mol. The third kappa shape index (κ3) is 1.44. The van der Waals surface area contributed by atoms with E-state index >= 15 is 0 Å². The van der Waals surface area contributed by atoms with Gasteiger partial charge in [0.1, 0.15) is 0 Å². The zero-order valence-electron chi connectivity index (χ0n) is 3.14. The highest BCUT2D eigenvalue weighted by Gasteiger charge is 2.17. The average molecular weight is 123 g/mol. The summed E-state index contributed by atoms with van der Waals surface area (Å²) < 4.78 is 22.2. The summed E-state index contributed by atoms with van der Waals surface area (Å²) in [5.74, 6) is 0.312. The average Bonchev–Trinajstić information content (AvgIpc) is 1.32. The first kappa shape index (κ1) is 6.91. The van der Waals surface area contributed by atoms with Crippen LogP contribution in [-0.2, 0) is 10.0 Å². The Balaban J connectivity index is 0.000000360. The van der Waals surface area contributed by atoms with Crippen molar-refractivity contribution < 1.29 is 8.42 Å². The Morgan fingerprint density at radius 2 is 1.71 bits per heavy atom. The molecule has 0 aliphatic carbocycles. The molecule has 0 amide bonds. The van der Waals surface area contributed by atoms with Crippen LogP contribution in [0.15, 0.2) is 0 Å². The zero-order chi connectivity index (χ0) is 4.62. The number of rotatable bonds is 0. The Hall–Kier alpha value is -0.0900. The molecule has 1 saturated heterocycles. The van der Waals surface area contributed by atoms with Crippen molar-refractivity contribution in [2.75, 3.05) is 12.3 Å². The van der Waals surface area contributed by atoms with Crippen LogP contribution in [0.25, 0.3) is 0 Å². The lowest BCUT2D eigenvalue weighted by molar-refractivity contribution is 0.565. The first-order valence-electron chi connectivity index (χ1n) is 1.68. The first-order valence-corrected chi connectivity index (χ1v) is 3.33. The summed E-state index contributed by atoms with van der Waals surface area (Å²) in [7, 11) is -2.73. The van der Waals surface area contributed by atoms with Crippen molar-refractivity contribution in [3.8, 4) is 0 Å². The van der Waals surface area contributed by atoms with Gasteiger partial charge in [-0.3, -0.25) is 0 Å². The lowest BCUT2D eigenvalue weighted by Crippen LogP contribution is -2.42. The Labute approximate surface area is 43.8 Å². The summed E-state index contributed by atoms with van der Waals surface area (Å²) >= 11 is 0. The van der Waals surface area contributed by atoms with Gasteiger partial charge < -0.3 is 0 Å². The minimum Gasteiger partial charge on any atom is -0.214 e. The van der Waals surface area contributed by atoms with Crippen molar-refractivity contribution in [3.63, 3.8) is 0 Å². The molecule has 1 heterocycles. The molecular formula is C3H9NO2S. The Morgan fingerprint density at radius 1 is 1.43 bits per heavy atom. The molecular weight excluding hydrogens is 114 g/mol. The summed E-state index contributed by atoms with van der Waals surface area (Å²) in [6, 6.07) is 0. The van der Waals surface area contributed by atoms with E-state index in [1.807, 2.05) is 0 Å². The molecule has 3 nitrogen and oxygen atoms in total. The van der Waals surface area contributed by atoms with Crippen molar-refractivity contribution in [2.45, 2.75) is 7.43 Å². The topological polar surface area (TPSA) is 46.2 Å². The summed E-state index contributed by atoms with van der Waals surface area (Å²) in [6.07, 6.45) is 0. The van der Waals surface area contributed by atoms with E-state index in [-0.39, 0.29) is 7.43 Å². The molecule has 1 rings (SSSR count). The Morgan fingerprint density at radius 3 is 1.71 bits per heavy atom. The van der Waals surface area contributed by atoms with Crippen molar-refractivity contribution >= 4 is 10.0 Å². The second-order valence-electron chi connectivity index (χ2n) is 1.21. The molecule has 0 atom stereocenters. The molecule has 4 heteroatoms. The predicted octanol–water partition coefficient (Wildman–Crippen LogP) is -0.445. The molecule has 1 N–H and O–H groups in total. The third-order valence-corrected chi connectivity index (χ3v) is 2.08. The summed E-state index contributed by atoms with van der Waals surface area (Å²) in [4.78, 5) is 0.